The number of amides is 1. The Hall–Kier alpha value is -1.65. The molecule has 0 radical (unpaired) electrons. The molecule has 1 amide bonds. The molecule has 0 fully saturated rings. The number of hydrogen-bond donors (Lipinski definition) is 0. The minimum absolute atomic E-state index is 0.122. The van der Waals surface area contributed by atoms with Crippen LogP contribution in [-0.4, -0.2) is 20.8 Å². The Bertz CT molecular complexity index is 784. The van der Waals surface area contributed by atoms with Crippen LogP contribution in [0.2, 0.25) is 10.0 Å². The van der Waals surface area contributed by atoms with E-state index in [2.05, 4.69) is 30.7 Å². The molecule has 1 aliphatic rings. The van der Waals surface area contributed by atoms with Gasteiger partial charge in [0.2, 0.25) is 0 Å². The van der Waals surface area contributed by atoms with Gasteiger partial charge in [-0.05, 0) is 12.1 Å². The quantitative estimate of drug-likeness (QED) is 0.773. The molecule has 0 aliphatic carbocycles. The molecule has 3 rings (SSSR count). The highest BCUT2D eigenvalue weighted by molar-refractivity contribution is 6.43. The zero-order valence-electron chi connectivity index (χ0n) is 13.2. The van der Waals surface area contributed by atoms with E-state index in [0.717, 1.165) is 17.1 Å². The third-order valence-electron chi connectivity index (χ3n) is 3.80. The first-order valence-electron chi connectivity index (χ1n) is 7.36. The fourth-order valence-corrected chi connectivity index (χ4v) is 2.88. The van der Waals surface area contributed by atoms with Crippen molar-refractivity contribution in [2.24, 2.45) is 0 Å². The number of rotatable bonds is 1. The normalized spacial score (nSPS) is 14.0. The van der Waals surface area contributed by atoms with Gasteiger partial charge < -0.3 is 4.90 Å². The van der Waals surface area contributed by atoms with E-state index < -0.39 is 0 Å². The minimum Gasteiger partial charge on any atom is -0.328 e. The Morgan fingerprint density at radius 3 is 2.65 bits per heavy atom. The predicted molar refractivity (Wildman–Crippen MR) is 90.8 cm³/mol. The lowest BCUT2D eigenvalue weighted by Gasteiger charge is -2.17. The van der Waals surface area contributed by atoms with E-state index in [1.807, 2.05) is 6.20 Å². The van der Waals surface area contributed by atoms with Gasteiger partial charge in [-0.15, -0.1) is 0 Å². The van der Waals surface area contributed by atoms with Crippen molar-refractivity contribution in [1.82, 2.24) is 14.9 Å². The van der Waals surface area contributed by atoms with E-state index in [0.29, 0.717) is 23.7 Å². The summed E-state index contributed by atoms with van der Waals surface area (Å²) in [6, 6.07) is 5.08. The number of hydrogen-bond acceptors (Lipinski definition) is 3. The zero-order chi connectivity index (χ0) is 16.8. The van der Waals surface area contributed by atoms with Gasteiger partial charge in [0.1, 0.15) is 5.82 Å². The van der Waals surface area contributed by atoms with Crippen LogP contribution in [-0.2, 0) is 18.5 Å². The van der Waals surface area contributed by atoms with Gasteiger partial charge in [-0.3, -0.25) is 4.79 Å². The average molecular weight is 350 g/mol. The van der Waals surface area contributed by atoms with Crippen LogP contribution in [0.25, 0.3) is 0 Å². The Morgan fingerprint density at radius 1 is 1.22 bits per heavy atom. The van der Waals surface area contributed by atoms with Crippen molar-refractivity contribution in [2.75, 3.05) is 0 Å². The summed E-state index contributed by atoms with van der Waals surface area (Å²) in [7, 11) is 0. The molecule has 1 aromatic heterocycles. The lowest BCUT2D eigenvalue weighted by molar-refractivity contribution is 0.0750. The molecule has 0 N–H and O–H groups in total. The highest BCUT2D eigenvalue weighted by Crippen LogP contribution is 2.30. The van der Waals surface area contributed by atoms with Crippen molar-refractivity contribution >= 4 is 29.1 Å². The first-order valence-corrected chi connectivity index (χ1v) is 8.11. The second-order valence-electron chi connectivity index (χ2n) is 6.68. The molecule has 1 aliphatic heterocycles. The molecule has 0 saturated carbocycles. The number of aromatic nitrogens is 2. The van der Waals surface area contributed by atoms with E-state index in [1.54, 1.807) is 23.1 Å². The second kappa shape index (κ2) is 5.77. The summed E-state index contributed by atoms with van der Waals surface area (Å²) in [5.74, 6) is 0.638. The summed E-state index contributed by atoms with van der Waals surface area (Å²) in [6.45, 7) is 7.15. The van der Waals surface area contributed by atoms with Gasteiger partial charge in [-0.2, -0.15) is 0 Å². The van der Waals surface area contributed by atoms with E-state index >= 15 is 0 Å². The van der Waals surface area contributed by atoms with Crippen LogP contribution in [0, 0.1) is 0 Å². The lowest BCUT2D eigenvalue weighted by atomic mass is 9.95. The monoisotopic (exact) mass is 349 g/mol. The van der Waals surface area contributed by atoms with E-state index in [4.69, 9.17) is 23.2 Å². The molecule has 0 unspecified atom stereocenters. The van der Waals surface area contributed by atoms with Gasteiger partial charge >= 0.3 is 0 Å². The van der Waals surface area contributed by atoms with Crippen molar-refractivity contribution in [3.63, 3.8) is 0 Å². The third-order valence-corrected chi connectivity index (χ3v) is 4.61. The van der Waals surface area contributed by atoms with Gasteiger partial charge in [-0.25, -0.2) is 9.97 Å². The number of nitrogens with zero attached hydrogens (tertiary/aromatic N) is 3. The van der Waals surface area contributed by atoms with Crippen LogP contribution >= 0.6 is 23.2 Å². The van der Waals surface area contributed by atoms with E-state index in [9.17, 15) is 4.79 Å². The van der Waals surface area contributed by atoms with Crippen LogP contribution in [0.5, 0.6) is 0 Å². The molecule has 0 spiro atoms. The number of benzene rings is 1. The summed E-state index contributed by atoms with van der Waals surface area (Å²) in [5, 5.41) is 0.667. The molecule has 2 heterocycles. The van der Waals surface area contributed by atoms with Crippen molar-refractivity contribution in [3.05, 3.63) is 57.1 Å². The molecule has 0 saturated heterocycles. The van der Waals surface area contributed by atoms with Crippen molar-refractivity contribution in [3.8, 4) is 0 Å². The maximum absolute atomic E-state index is 12.7. The zero-order valence-corrected chi connectivity index (χ0v) is 14.7. The van der Waals surface area contributed by atoms with Crippen molar-refractivity contribution in [2.45, 2.75) is 39.3 Å². The van der Waals surface area contributed by atoms with Gasteiger partial charge in [0.25, 0.3) is 5.91 Å². The summed E-state index contributed by atoms with van der Waals surface area (Å²) in [5.41, 5.74) is 2.17. The molecule has 4 nitrogen and oxygen atoms in total. The fraction of sp³-hybridized carbons (Fsp3) is 0.353. The Balaban J connectivity index is 1.87. The van der Waals surface area contributed by atoms with Gasteiger partial charge in [0.05, 0.1) is 27.8 Å². The molecule has 120 valence electrons. The predicted octanol–water partition coefficient (Wildman–Crippen LogP) is 4.24. The summed E-state index contributed by atoms with van der Waals surface area (Å²) >= 11 is 12.2. The molecule has 23 heavy (non-hydrogen) atoms. The Morgan fingerprint density at radius 2 is 1.96 bits per heavy atom. The van der Waals surface area contributed by atoms with Crippen LogP contribution in [0.4, 0.5) is 0 Å². The smallest absolute Gasteiger partial charge is 0.256 e. The van der Waals surface area contributed by atoms with Gasteiger partial charge in [0, 0.05) is 23.7 Å². The first-order chi connectivity index (χ1) is 10.8. The van der Waals surface area contributed by atoms with Gasteiger partial charge in [-0.1, -0.05) is 50.0 Å². The number of halogens is 2. The fourth-order valence-electron chi connectivity index (χ4n) is 2.50. The second-order valence-corrected chi connectivity index (χ2v) is 7.46. The van der Waals surface area contributed by atoms with E-state index in [-0.39, 0.29) is 16.3 Å². The largest absolute Gasteiger partial charge is 0.328 e. The molecule has 1 aromatic carbocycles. The van der Waals surface area contributed by atoms with Crippen LogP contribution in [0.15, 0.2) is 24.4 Å². The van der Waals surface area contributed by atoms with E-state index in [1.165, 1.54) is 0 Å². The number of fused-ring (bicyclic) bond motifs is 1. The number of carbonyl (C=O) groups is 1. The Kier molecular flexibility index (Phi) is 4.07. The van der Waals surface area contributed by atoms with Crippen molar-refractivity contribution in [1.29, 1.82) is 0 Å². The third kappa shape index (κ3) is 3.06. The van der Waals surface area contributed by atoms with Crippen LogP contribution in [0.3, 0.4) is 0 Å². The minimum atomic E-state index is -0.146. The Labute approximate surface area is 145 Å². The molecular weight excluding hydrogens is 333 g/mol. The lowest BCUT2D eigenvalue weighted by Crippen LogP contribution is -2.25. The van der Waals surface area contributed by atoms with Gasteiger partial charge in [0.15, 0.2) is 0 Å². The highest BCUT2D eigenvalue weighted by Gasteiger charge is 2.29. The first kappa shape index (κ1) is 16.2. The standard InChI is InChI=1S/C17H17Cl2N3O/c1-17(2,3)16-20-7-10-8-22(9-13(10)21-16)15(23)11-5-4-6-12(18)14(11)19/h4-7H,8-9H2,1-3H3. The summed E-state index contributed by atoms with van der Waals surface area (Å²) in [6.07, 6.45) is 1.82. The molecule has 2 aromatic rings. The van der Waals surface area contributed by atoms with Crippen LogP contribution in [0.1, 0.15) is 48.2 Å². The maximum atomic E-state index is 12.7. The molecule has 0 bridgehead atoms. The van der Waals surface area contributed by atoms with Crippen molar-refractivity contribution < 1.29 is 4.79 Å². The topological polar surface area (TPSA) is 46.1 Å². The number of carbonyl (C=O) groups excluding carboxylic acids is 1. The molecule has 0 atom stereocenters. The molecule has 6 heteroatoms. The highest BCUT2D eigenvalue weighted by atomic mass is 35.5. The maximum Gasteiger partial charge on any atom is 0.256 e. The summed E-state index contributed by atoms with van der Waals surface area (Å²) < 4.78 is 0. The SMILES string of the molecule is CC(C)(C)c1ncc2c(n1)CN(C(=O)c1cccc(Cl)c1Cl)C2. The molecular formula is C17H17Cl2N3O. The average Bonchev–Trinajstić information content (AvgIpc) is 2.91. The van der Waals surface area contributed by atoms with Crippen LogP contribution < -0.4 is 0 Å². The summed E-state index contributed by atoms with van der Waals surface area (Å²) in [4.78, 5) is 23.5.